The van der Waals surface area contributed by atoms with Crippen LogP contribution in [0, 0.1) is 3.01 Å². The predicted octanol–water partition coefficient (Wildman–Crippen LogP) is 3.75. The number of rotatable bonds is 2. The molecule has 2 rings (SSSR count). The molecule has 1 heterocycles. The van der Waals surface area contributed by atoms with Gasteiger partial charge in [0.15, 0.2) is 3.01 Å². The molecule has 0 aliphatic rings. The van der Waals surface area contributed by atoms with E-state index in [-0.39, 0.29) is 0 Å². The topological polar surface area (TPSA) is 25.8 Å². The molecule has 0 N–H and O–H groups in total. The number of nitrogens with zero attached hydrogens (tertiary/aromatic N) is 2. The average Bonchev–Trinajstić information content (AvgIpc) is 2.63. The van der Waals surface area contributed by atoms with E-state index in [9.17, 15) is 13.2 Å². The maximum Gasteiger partial charge on any atom is 0.416 e. The van der Waals surface area contributed by atoms with Crippen LogP contribution in [-0.4, -0.2) is 9.36 Å². The van der Waals surface area contributed by atoms with Crippen molar-refractivity contribution in [3.8, 4) is 0 Å². The fourth-order valence-electron chi connectivity index (χ4n) is 1.34. The van der Waals surface area contributed by atoms with Gasteiger partial charge in [0.1, 0.15) is 5.82 Å². The molecule has 0 unspecified atom stereocenters. The van der Waals surface area contributed by atoms with Gasteiger partial charge in [0.25, 0.3) is 0 Å². The van der Waals surface area contributed by atoms with E-state index in [1.165, 1.54) is 17.6 Å². The molecule has 0 aliphatic carbocycles. The van der Waals surface area contributed by atoms with Crippen molar-refractivity contribution < 1.29 is 13.2 Å². The molecule has 1 aromatic heterocycles. The number of halogens is 4. The molecule has 0 aliphatic heterocycles. The molecule has 0 spiro atoms. The second kappa shape index (κ2) is 4.89. The Labute approximate surface area is 113 Å². The van der Waals surface area contributed by atoms with Crippen LogP contribution in [0.25, 0.3) is 0 Å². The molecule has 0 saturated carbocycles. The zero-order valence-electron chi connectivity index (χ0n) is 8.33. The Morgan fingerprint density at radius 2 is 2.06 bits per heavy atom. The third-order valence-corrected chi connectivity index (χ3v) is 3.44. The van der Waals surface area contributed by atoms with Gasteiger partial charge in [-0.05, 0) is 45.8 Å². The van der Waals surface area contributed by atoms with E-state index >= 15 is 0 Å². The van der Waals surface area contributed by atoms with E-state index in [0.29, 0.717) is 17.8 Å². The Balaban J connectivity index is 2.22. The molecule has 90 valence electrons. The van der Waals surface area contributed by atoms with Gasteiger partial charge in [-0.15, -0.1) is 0 Å². The third kappa shape index (κ3) is 3.38. The number of aromatic nitrogens is 2. The highest BCUT2D eigenvalue weighted by molar-refractivity contribution is 14.1. The van der Waals surface area contributed by atoms with Crippen molar-refractivity contribution in [3.63, 3.8) is 0 Å². The smallest absolute Gasteiger partial charge is 0.213 e. The van der Waals surface area contributed by atoms with Gasteiger partial charge < -0.3 is 0 Å². The molecule has 0 bridgehead atoms. The summed E-state index contributed by atoms with van der Waals surface area (Å²) in [4.78, 5) is 4.11. The average molecular weight is 370 g/mol. The highest BCUT2D eigenvalue weighted by atomic mass is 127. The summed E-state index contributed by atoms with van der Waals surface area (Å²) < 4.78 is 42.3. The second-order valence-electron chi connectivity index (χ2n) is 3.34. The summed E-state index contributed by atoms with van der Waals surface area (Å²) in [6, 6.07) is 5.23. The number of hydrogen-bond donors (Lipinski definition) is 0. The lowest BCUT2D eigenvalue weighted by Crippen LogP contribution is -2.05. The van der Waals surface area contributed by atoms with Gasteiger partial charge >= 0.3 is 6.18 Å². The van der Waals surface area contributed by atoms with Crippen molar-refractivity contribution in [1.82, 2.24) is 9.36 Å². The maximum absolute atomic E-state index is 12.5. The molecular formula is C10H6F3IN2S. The largest absolute Gasteiger partial charge is 0.416 e. The lowest BCUT2D eigenvalue weighted by molar-refractivity contribution is -0.137. The summed E-state index contributed by atoms with van der Waals surface area (Å²) in [6.07, 6.45) is -3.98. The zero-order chi connectivity index (χ0) is 12.5. The molecule has 7 heteroatoms. The van der Waals surface area contributed by atoms with Gasteiger partial charge in [-0.1, -0.05) is 18.2 Å². The Morgan fingerprint density at radius 3 is 2.65 bits per heavy atom. The molecule has 2 aromatic rings. The van der Waals surface area contributed by atoms with E-state index in [2.05, 4.69) is 9.36 Å². The Kier molecular flexibility index (Phi) is 3.67. The van der Waals surface area contributed by atoms with E-state index in [1.807, 2.05) is 22.6 Å². The van der Waals surface area contributed by atoms with Gasteiger partial charge in [-0.25, -0.2) is 4.98 Å². The van der Waals surface area contributed by atoms with E-state index in [1.54, 1.807) is 6.07 Å². The molecule has 0 saturated heterocycles. The number of alkyl halides is 3. The monoisotopic (exact) mass is 370 g/mol. The standard InChI is InChI=1S/C10H6F3IN2S/c11-10(12,13)7-3-1-2-6(4-7)5-8-15-9(14)17-16-8/h1-4H,5H2. The van der Waals surface area contributed by atoms with Crippen LogP contribution < -0.4 is 0 Å². The van der Waals surface area contributed by atoms with Crippen molar-refractivity contribution in [2.75, 3.05) is 0 Å². The van der Waals surface area contributed by atoms with Crippen molar-refractivity contribution in [1.29, 1.82) is 0 Å². The van der Waals surface area contributed by atoms with Crippen LogP contribution in [0.15, 0.2) is 24.3 Å². The van der Waals surface area contributed by atoms with Crippen molar-refractivity contribution in [2.24, 2.45) is 0 Å². The SMILES string of the molecule is FC(F)(F)c1cccc(Cc2nsc(I)n2)c1. The van der Waals surface area contributed by atoms with Crippen LogP contribution in [0.2, 0.25) is 0 Å². The maximum atomic E-state index is 12.5. The fourth-order valence-corrected chi connectivity index (χ4v) is 2.35. The van der Waals surface area contributed by atoms with Gasteiger partial charge in [0, 0.05) is 6.42 Å². The quantitative estimate of drug-likeness (QED) is 0.753. The molecule has 1 aromatic carbocycles. The molecule has 0 amide bonds. The minimum atomic E-state index is -4.31. The van der Waals surface area contributed by atoms with Crippen LogP contribution in [0.5, 0.6) is 0 Å². The van der Waals surface area contributed by atoms with Crippen molar-refractivity contribution >= 4 is 34.1 Å². The Morgan fingerprint density at radius 1 is 1.29 bits per heavy atom. The molecule has 0 fully saturated rings. The van der Waals surface area contributed by atoms with Crippen LogP contribution in [0.4, 0.5) is 13.2 Å². The Hall–Kier alpha value is -0.700. The first kappa shape index (κ1) is 12.7. The molecular weight excluding hydrogens is 364 g/mol. The van der Waals surface area contributed by atoms with Crippen LogP contribution >= 0.6 is 34.1 Å². The highest BCUT2D eigenvalue weighted by Crippen LogP contribution is 2.29. The zero-order valence-corrected chi connectivity index (χ0v) is 11.3. The summed E-state index contributed by atoms with van der Waals surface area (Å²) >= 11 is 3.26. The van der Waals surface area contributed by atoms with E-state index < -0.39 is 11.7 Å². The minimum absolute atomic E-state index is 0.323. The lowest BCUT2D eigenvalue weighted by atomic mass is 10.1. The van der Waals surface area contributed by atoms with Crippen LogP contribution in [0.1, 0.15) is 17.0 Å². The van der Waals surface area contributed by atoms with Crippen molar-refractivity contribution in [3.05, 3.63) is 44.2 Å². The van der Waals surface area contributed by atoms with Gasteiger partial charge in [-0.2, -0.15) is 17.5 Å². The van der Waals surface area contributed by atoms with Gasteiger partial charge in [-0.3, -0.25) is 0 Å². The first-order chi connectivity index (χ1) is 7.95. The van der Waals surface area contributed by atoms with E-state index in [0.717, 1.165) is 15.1 Å². The van der Waals surface area contributed by atoms with Gasteiger partial charge in [0.2, 0.25) is 0 Å². The van der Waals surface area contributed by atoms with E-state index in [4.69, 9.17) is 0 Å². The summed E-state index contributed by atoms with van der Waals surface area (Å²) in [7, 11) is 0. The lowest BCUT2D eigenvalue weighted by Gasteiger charge is -2.07. The minimum Gasteiger partial charge on any atom is -0.213 e. The molecule has 0 atom stereocenters. The summed E-state index contributed by atoms with van der Waals surface area (Å²) in [5, 5.41) is 0. The third-order valence-electron chi connectivity index (χ3n) is 2.06. The molecule has 2 nitrogen and oxygen atoms in total. The molecule has 0 radical (unpaired) electrons. The molecule has 17 heavy (non-hydrogen) atoms. The second-order valence-corrected chi connectivity index (χ2v) is 5.84. The first-order valence-corrected chi connectivity index (χ1v) is 6.44. The number of benzene rings is 1. The fraction of sp³-hybridized carbons (Fsp3) is 0.200. The van der Waals surface area contributed by atoms with Crippen LogP contribution in [0.3, 0.4) is 0 Å². The van der Waals surface area contributed by atoms with Gasteiger partial charge in [0.05, 0.1) is 5.56 Å². The Bertz CT molecular complexity index is 524. The number of hydrogen-bond acceptors (Lipinski definition) is 3. The highest BCUT2D eigenvalue weighted by Gasteiger charge is 2.30. The normalized spacial score (nSPS) is 11.8. The predicted molar refractivity (Wildman–Crippen MR) is 66.9 cm³/mol. The summed E-state index contributed by atoms with van der Waals surface area (Å²) in [6.45, 7) is 0. The van der Waals surface area contributed by atoms with Crippen LogP contribution in [-0.2, 0) is 12.6 Å². The first-order valence-electron chi connectivity index (χ1n) is 4.59. The summed E-state index contributed by atoms with van der Waals surface area (Å²) in [5.74, 6) is 0.554. The van der Waals surface area contributed by atoms with Crippen molar-refractivity contribution in [2.45, 2.75) is 12.6 Å². The summed E-state index contributed by atoms with van der Waals surface area (Å²) in [5.41, 5.74) is -0.0750.